The van der Waals surface area contributed by atoms with E-state index in [4.69, 9.17) is 9.15 Å². The van der Waals surface area contributed by atoms with Crippen molar-refractivity contribution in [3.05, 3.63) is 51.9 Å². The van der Waals surface area contributed by atoms with E-state index in [0.717, 1.165) is 36.6 Å². The van der Waals surface area contributed by atoms with Crippen molar-refractivity contribution in [1.29, 1.82) is 0 Å². The Morgan fingerprint density at radius 2 is 2.21 bits per heavy atom. The van der Waals surface area contributed by atoms with Crippen LogP contribution in [0.25, 0.3) is 11.0 Å². The predicted octanol–water partition coefficient (Wildman–Crippen LogP) is 4.57. The molecule has 1 aliphatic carbocycles. The van der Waals surface area contributed by atoms with Crippen LogP contribution in [0.3, 0.4) is 0 Å². The fourth-order valence-corrected chi connectivity index (χ4v) is 3.12. The second-order valence-corrected chi connectivity index (χ2v) is 6.25. The van der Waals surface area contributed by atoms with E-state index in [1.165, 1.54) is 6.07 Å². The largest absolute Gasteiger partial charge is 0.485 e. The molecule has 4 heteroatoms. The summed E-state index contributed by atoms with van der Waals surface area (Å²) in [5.74, 6) is 0.456. The summed E-state index contributed by atoms with van der Waals surface area (Å²) in [6.45, 7) is 3.80. The van der Waals surface area contributed by atoms with E-state index in [-0.39, 0.29) is 11.9 Å². The van der Waals surface area contributed by atoms with E-state index in [1.807, 2.05) is 32.1 Å². The van der Waals surface area contributed by atoms with Gasteiger partial charge in [-0.15, -0.1) is 0 Å². The summed E-state index contributed by atoms with van der Waals surface area (Å²) in [7, 11) is 0. The summed E-state index contributed by atoms with van der Waals surface area (Å²) in [6.07, 6.45) is 8.28. The van der Waals surface area contributed by atoms with Gasteiger partial charge in [-0.25, -0.2) is 4.79 Å². The zero-order chi connectivity index (χ0) is 17.1. The van der Waals surface area contributed by atoms with E-state index in [1.54, 1.807) is 0 Å². The van der Waals surface area contributed by atoms with Crippen LogP contribution in [0.2, 0.25) is 0 Å². The number of benzene rings is 1. The highest BCUT2D eigenvalue weighted by atomic mass is 16.5. The minimum atomic E-state index is -0.444. The van der Waals surface area contributed by atoms with Crippen molar-refractivity contribution in [2.45, 2.75) is 52.1 Å². The van der Waals surface area contributed by atoms with Gasteiger partial charge < -0.3 is 9.15 Å². The monoisotopic (exact) mass is 326 g/mol. The summed E-state index contributed by atoms with van der Waals surface area (Å²) >= 11 is 0. The molecule has 1 atom stereocenters. The molecule has 1 aromatic carbocycles. The molecule has 0 amide bonds. The lowest BCUT2D eigenvalue weighted by Gasteiger charge is -2.20. The van der Waals surface area contributed by atoms with Gasteiger partial charge in [0.2, 0.25) is 0 Å². The molecular formula is C20H22O4. The lowest BCUT2D eigenvalue weighted by Crippen LogP contribution is -2.18. The maximum absolute atomic E-state index is 12.7. The Bertz CT molecular complexity index is 845. The molecule has 0 radical (unpaired) electrons. The van der Waals surface area contributed by atoms with Crippen molar-refractivity contribution in [2.24, 2.45) is 0 Å². The van der Waals surface area contributed by atoms with Crippen LogP contribution in [0.1, 0.15) is 54.9 Å². The number of rotatable bonds is 5. The summed E-state index contributed by atoms with van der Waals surface area (Å²) in [4.78, 5) is 24.5. The number of Topliss-reactive ketones (excluding diaryl/α,β-unsaturated/α-hetero) is 1. The van der Waals surface area contributed by atoms with Gasteiger partial charge >= 0.3 is 5.63 Å². The number of ketones is 1. The third kappa shape index (κ3) is 3.28. The molecule has 0 spiro atoms. The third-order valence-electron chi connectivity index (χ3n) is 4.33. The Kier molecular flexibility index (Phi) is 4.84. The van der Waals surface area contributed by atoms with Crippen molar-refractivity contribution in [2.75, 3.05) is 0 Å². The molecule has 126 valence electrons. The fourth-order valence-electron chi connectivity index (χ4n) is 3.12. The molecular weight excluding hydrogens is 304 g/mol. The summed E-state index contributed by atoms with van der Waals surface area (Å²) < 4.78 is 11.5. The average molecular weight is 326 g/mol. The summed E-state index contributed by atoms with van der Waals surface area (Å²) in [6, 6.07) is 5.12. The number of aryl methyl sites for hydroxylation is 1. The normalized spacial score (nSPS) is 17.2. The molecule has 1 aromatic heterocycles. The van der Waals surface area contributed by atoms with E-state index in [0.29, 0.717) is 23.3 Å². The van der Waals surface area contributed by atoms with Crippen LogP contribution in [0.15, 0.2) is 39.6 Å². The van der Waals surface area contributed by atoms with Gasteiger partial charge in [-0.1, -0.05) is 13.0 Å². The standard InChI is InChI=1S/C20H22O4/c1-3-7-16(21)19-17(23-14-8-5-4-6-9-14)11-10-15-13(2)12-18(22)24-20(15)19/h5,8,10-12,14H,3-4,6-7,9H2,1-2H3. The van der Waals surface area contributed by atoms with Crippen molar-refractivity contribution in [3.8, 4) is 5.75 Å². The van der Waals surface area contributed by atoms with Crippen molar-refractivity contribution in [1.82, 2.24) is 0 Å². The van der Waals surface area contributed by atoms with Gasteiger partial charge in [0.1, 0.15) is 17.4 Å². The molecule has 1 heterocycles. The Morgan fingerprint density at radius 3 is 2.92 bits per heavy atom. The highest BCUT2D eigenvalue weighted by Gasteiger charge is 2.21. The highest BCUT2D eigenvalue weighted by molar-refractivity contribution is 6.08. The molecule has 0 fully saturated rings. The first-order valence-electron chi connectivity index (χ1n) is 8.54. The second-order valence-electron chi connectivity index (χ2n) is 6.25. The number of hydrogen-bond donors (Lipinski definition) is 0. The van der Waals surface area contributed by atoms with Gasteiger partial charge in [-0.05, 0) is 56.4 Å². The lowest BCUT2D eigenvalue weighted by atomic mass is 10.00. The summed E-state index contributed by atoms with van der Waals surface area (Å²) in [5.41, 5.74) is 1.10. The number of allylic oxidation sites excluding steroid dienone is 1. The molecule has 0 saturated heterocycles. The van der Waals surface area contributed by atoms with Crippen LogP contribution in [0.5, 0.6) is 5.75 Å². The quantitative estimate of drug-likeness (QED) is 0.459. The first-order valence-corrected chi connectivity index (χ1v) is 8.54. The topological polar surface area (TPSA) is 56.5 Å². The second kappa shape index (κ2) is 7.04. The Labute approximate surface area is 141 Å². The van der Waals surface area contributed by atoms with E-state index >= 15 is 0 Å². The molecule has 24 heavy (non-hydrogen) atoms. The van der Waals surface area contributed by atoms with Crippen LogP contribution < -0.4 is 10.4 Å². The molecule has 0 N–H and O–H groups in total. The fraction of sp³-hybridized carbons (Fsp3) is 0.400. The first kappa shape index (κ1) is 16.5. The van der Waals surface area contributed by atoms with E-state index < -0.39 is 5.63 Å². The number of carbonyl (C=O) groups is 1. The Morgan fingerprint density at radius 1 is 1.38 bits per heavy atom. The maximum atomic E-state index is 12.7. The van der Waals surface area contributed by atoms with Gasteiger partial charge in [0.15, 0.2) is 11.4 Å². The van der Waals surface area contributed by atoms with Crippen molar-refractivity contribution >= 4 is 16.8 Å². The van der Waals surface area contributed by atoms with Gasteiger partial charge in [0, 0.05) is 17.9 Å². The zero-order valence-electron chi connectivity index (χ0n) is 14.1. The van der Waals surface area contributed by atoms with Gasteiger partial charge in [0.25, 0.3) is 0 Å². The van der Waals surface area contributed by atoms with Gasteiger partial charge in [-0.2, -0.15) is 0 Å². The minimum absolute atomic E-state index is 0.0408. The number of ether oxygens (including phenoxy) is 1. The SMILES string of the molecule is CCCC(=O)c1c(OC2C=CCCC2)ccc2c(C)cc(=O)oc12. The van der Waals surface area contributed by atoms with Crippen LogP contribution in [0.4, 0.5) is 0 Å². The zero-order valence-corrected chi connectivity index (χ0v) is 14.1. The first-order chi connectivity index (χ1) is 11.6. The molecule has 0 saturated carbocycles. The minimum Gasteiger partial charge on any atom is -0.485 e. The predicted molar refractivity (Wildman–Crippen MR) is 93.9 cm³/mol. The van der Waals surface area contributed by atoms with Crippen molar-refractivity contribution in [3.63, 3.8) is 0 Å². The smallest absolute Gasteiger partial charge is 0.336 e. The van der Waals surface area contributed by atoms with Crippen LogP contribution in [-0.2, 0) is 0 Å². The van der Waals surface area contributed by atoms with E-state index in [9.17, 15) is 9.59 Å². The summed E-state index contributed by atoms with van der Waals surface area (Å²) in [5, 5.41) is 0.778. The molecule has 2 aromatic rings. The lowest BCUT2D eigenvalue weighted by molar-refractivity contribution is 0.0976. The maximum Gasteiger partial charge on any atom is 0.336 e. The van der Waals surface area contributed by atoms with Crippen LogP contribution >= 0.6 is 0 Å². The van der Waals surface area contributed by atoms with Crippen molar-refractivity contribution < 1.29 is 13.9 Å². The molecule has 1 aliphatic rings. The molecule has 0 bridgehead atoms. The Hall–Kier alpha value is -2.36. The highest BCUT2D eigenvalue weighted by Crippen LogP contribution is 2.32. The average Bonchev–Trinajstić information content (AvgIpc) is 2.55. The van der Waals surface area contributed by atoms with Crippen LogP contribution in [-0.4, -0.2) is 11.9 Å². The third-order valence-corrected chi connectivity index (χ3v) is 4.33. The number of fused-ring (bicyclic) bond motifs is 1. The van der Waals surface area contributed by atoms with E-state index in [2.05, 4.69) is 6.08 Å². The van der Waals surface area contributed by atoms with Gasteiger partial charge in [-0.3, -0.25) is 4.79 Å². The number of carbonyl (C=O) groups excluding carboxylic acids is 1. The molecule has 4 nitrogen and oxygen atoms in total. The van der Waals surface area contributed by atoms with Crippen LogP contribution in [0, 0.1) is 6.92 Å². The Balaban J connectivity index is 2.15. The number of hydrogen-bond acceptors (Lipinski definition) is 4. The molecule has 1 unspecified atom stereocenters. The van der Waals surface area contributed by atoms with Gasteiger partial charge in [0.05, 0.1) is 0 Å². The molecule has 0 aliphatic heterocycles. The molecule has 3 rings (SSSR count).